The highest BCUT2D eigenvalue weighted by Crippen LogP contribution is 2.24. The SMILES string of the molecule is COC(=O)c1ccc(CN(c2ccccc2)S(=O)(=O)CCCN2CC[C@H](F)C2)cc1.NCC(=O)c1ccc(CN(c2ccccc2)S(=O)(=O)CCCO)cc1. The van der Waals surface area contributed by atoms with Crippen LogP contribution >= 0.6 is 0 Å². The lowest BCUT2D eigenvalue weighted by atomic mass is 10.1. The Labute approximate surface area is 323 Å². The molecule has 0 spiro atoms. The molecule has 1 heterocycles. The zero-order valence-corrected chi connectivity index (χ0v) is 32.5. The zero-order chi connectivity index (χ0) is 39.8. The molecule has 15 heteroatoms. The number of carbonyl (C=O) groups is 2. The molecule has 12 nitrogen and oxygen atoms in total. The van der Waals surface area contributed by atoms with E-state index >= 15 is 0 Å². The number of ether oxygens (including phenoxy) is 1. The highest BCUT2D eigenvalue weighted by Gasteiger charge is 2.26. The predicted molar refractivity (Wildman–Crippen MR) is 213 cm³/mol. The maximum absolute atomic E-state index is 13.3. The van der Waals surface area contributed by atoms with Crippen LogP contribution in [-0.4, -0.2) is 96.2 Å². The van der Waals surface area contributed by atoms with E-state index in [1.165, 1.54) is 15.7 Å². The highest BCUT2D eigenvalue weighted by atomic mass is 32.2. The summed E-state index contributed by atoms with van der Waals surface area (Å²) in [6.07, 6.45) is 0.329. The number of hydrogen-bond acceptors (Lipinski definition) is 10. The quantitative estimate of drug-likeness (QED) is 0.106. The molecule has 1 aliphatic heterocycles. The van der Waals surface area contributed by atoms with Crippen LogP contribution in [0.3, 0.4) is 0 Å². The number of aliphatic hydroxyl groups excluding tert-OH is 1. The normalized spacial score (nSPS) is 14.4. The average Bonchev–Trinajstić information content (AvgIpc) is 3.63. The number of nitrogens with zero attached hydrogens (tertiary/aromatic N) is 3. The number of rotatable bonds is 18. The van der Waals surface area contributed by atoms with E-state index in [-0.39, 0.29) is 50.0 Å². The van der Waals surface area contributed by atoms with Gasteiger partial charge >= 0.3 is 5.97 Å². The number of methoxy groups -OCH3 is 1. The zero-order valence-electron chi connectivity index (χ0n) is 30.9. The van der Waals surface area contributed by atoms with Crippen LogP contribution in [0, 0.1) is 0 Å². The standard InChI is InChI=1S/C22H27FN2O4S.C18H22N2O4S/c1-29-22(26)19-10-8-18(9-11-19)16-25(21-6-3-2-4-7-21)30(27,28)15-5-13-24-14-12-20(23)17-24;19-13-18(22)16-9-7-15(8-10-16)14-20(17-5-2-1-3-6-17)25(23,24)12-4-11-21/h2-4,6-11,20H,5,12-17H2,1H3;1-3,5-10,21H,4,11-14,19H2/t20-;/m0./s1. The van der Waals surface area contributed by atoms with Gasteiger partial charge in [0.15, 0.2) is 5.78 Å². The highest BCUT2D eigenvalue weighted by molar-refractivity contribution is 7.93. The molecule has 0 saturated carbocycles. The Bertz CT molecular complexity index is 2020. The number of benzene rings is 4. The third-order valence-corrected chi connectivity index (χ3v) is 12.5. The molecule has 1 saturated heterocycles. The van der Waals surface area contributed by atoms with Gasteiger partial charge in [-0.05, 0) is 73.3 Å². The van der Waals surface area contributed by atoms with Gasteiger partial charge in [0.1, 0.15) is 6.17 Å². The van der Waals surface area contributed by atoms with Gasteiger partial charge < -0.3 is 20.5 Å². The van der Waals surface area contributed by atoms with Crippen LogP contribution in [0.2, 0.25) is 0 Å². The number of halogens is 1. The molecular formula is C40H49FN4O8S2. The van der Waals surface area contributed by atoms with E-state index in [1.807, 2.05) is 17.0 Å². The molecule has 4 aromatic carbocycles. The number of ketones is 1. The summed E-state index contributed by atoms with van der Waals surface area (Å²) in [5, 5.41) is 8.95. The van der Waals surface area contributed by atoms with Crippen LogP contribution in [0.25, 0.3) is 0 Å². The van der Waals surface area contributed by atoms with Gasteiger partial charge in [-0.3, -0.25) is 13.4 Å². The van der Waals surface area contributed by atoms with E-state index in [0.29, 0.717) is 55.0 Å². The summed E-state index contributed by atoms with van der Waals surface area (Å²) in [5.74, 6) is -0.758. The van der Waals surface area contributed by atoms with E-state index in [4.69, 9.17) is 15.6 Å². The number of alkyl halides is 1. The van der Waals surface area contributed by atoms with Crippen LogP contribution in [-0.2, 0) is 37.9 Å². The van der Waals surface area contributed by atoms with Gasteiger partial charge in [-0.1, -0.05) is 72.8 Å². The molecule has 0 bridgehead atoms. The van der Waals surface area contributed by atoms with Gasteiger partial charge in [-0.25, -0.2) is 26.0 Å². The van der Waals surface area contributed by atoms with Crippen LogP contribution in [0.4, 0.5) is 15.8 Å². The fraction of sp³-hybridized carbons (Fsp3) is 0.350. The third kappa shape index (κ3) is 13.0. The Morgan fingerprint density at radius 1 is 0.764 bits per heavy atom. The molecule has 5 rings (SSSR count). The number of likely N-dealkylation sites (tertiary alicyclic amines) is 1. The van der Waals surface area contributed by atoms with Crippen molar-refractivity contribution in [2.45, 2.75) is 38.5 Å². The largest absolute Gasteiger partial charge is 0.465 e. The first-order valence-electron chi connectivity index (χ1n) is 17.9. The van der Waals surface area contributed by atoms with Crippen molar-refractivity contribution in [1.82, 2.24) is 4.90 Å². The molecule has 1 aliphatic rings. The molecule has 0 aromatic heterocycles. The van der Waals surface area contributed by atoms with Crippen molar-refractivity contribution in [3.63, 3.8) is 0 Å². The Morgan fingerprint density at radius 3 is 1.65 bits per heavy atom. The van der Waals surface area contributed by atoms with Crippen molar-refractivity contribution in [1.29, 1.82) is 0 Å². The van der Waals surface area contributed by atoms with E-state index in [1.54, 1.807) is 97.1 Å². The molecule has 55 heavy (non-hydrogen) atoms. The number of esters is 1. The van der Waals surface area contributed by atoms with E-state index < -0.39 is 32.2 Å². The third-order valence-electron chi connectivity index (χ3n) is 8.90. The maximum atomic E-state index is 13.3. The summed E-state index contributed by atoms with van der Waals surface area (Å²) < 4.78 is 72.4. The molecule has 0 amide bonds. The fourth-order valence-electron chi connectivity index (χ4n) is 5.93. The van der Waals surface area contributed by atoms with Gasteiger partial charge in [0.2, 0.25) is 20.0 Å². The van der Waals surface area contributed by atoms with Gasteiger partial charge in [0.25, 0.3) is 0 Å². The Morgan fingerprint density at radius 2 is 1.24 bits per heavy atom. The molecule has 296 valence electrons. The van der Waals surface area contributed by atoms with Crippen molar-refractivity contribution in [3.8, 4) is 0 Å². The number of hydrogen-bond donors (Lipinski definition) is 2. The maximum Gasteiger partial charge on any atom is 0.337 e. The second kappa shape index (κ2) is 20.9. The van der Waals surface area contributed by atoms with Crippen molar-refractivity contribution in [2.75, 3.05) is 60.0 Å². The summed E-state index contributed by atoms with van der Waals surface area (Å²) >= 11 is 0. The molecule has 0 unspecified atom stereocenters. The van der Waals surface area contributed by atoms with Crippen molar-refractivity contribution in [3.05, 3.63) is 131 Å². The average molecular weight is 797 g/mol. The van der Waals surface area contributed by atoms with Crippen LogP contribution in [0.15, 0.2) is 109 Å². The van der Waals surface area contributed by atoms with Crippen LogP contribution < -0.4 is 14.3 Å². The van der Waals surface area contributed by atoms with E-state index in [2.05, 4.69) is 0 Å². The summed E-state index contributed by atoms with van der Waals surface area (Å²) in [6.45, 7) is 1.68. The summed E-state index contributed by atoms with van der Waals surface area (Å²) in [4.78, 5) is 25.2. The number of para-hydroxylation sites is 2. The minimum atomic E-state index is -3.59. The van der Waals surface area contributed by atoms with E-state index in [9.17, 15) is 30.8 Å². The minimum Gasteiger partial charge on any atom is -0.465 e. The van der Waals surface area contributed by atoms with Crippen molar-refractivity contribution < 1.29 is 40.7 Å². The second-order valence-corrected chi connectivity index (χ2v) is 17.0. The van der Waals surface area contributed by atoms with Gasteiger partial charge in [0, 0.05) is 25.3 Å². The molecule has 3 N–H and O–H groups in total. The number of Topliss-reactive ketones (excluding diaryl/α,β-unsaturated/α-hetero) is 1. The lowest BCUT2D eigenvalue weighted by Crippen LogP contribution is -2.34. The number of sulfonamides is 2. The van der Waals surface area contributed by atoms with Crippen LogP contribution in [0.5, 0.6) is 0 Å². The molecule has 1 atom stereocenters. The first kappa shape index (κ1) is 43.1. The lowest BCUT2D eigenvalue weighted by Gasteiger charge is -2.25. The van der Waals surface area contributed by atoms with Gasteiger partial charge in [-0.2, -0.15) is 0 Å². The van der Waals surface area contributed by atoms with Gasteiger partial charge in [0.05, 0.1) is 55.2 Å². The van der Waals surface area contributed by atoms with Crippen molar-refractivity contribution in [2.24, 2.45) is 5.73 Å². The molecule has 0 radical (unpaired) electrons. The molecular weight excluding hydrogens is 748 g/mol. The summed E-state index contributed by atoms with van der Waals surface area (Å²) in [5.41, 5.74) is 8.91. The smallest absolute Gasteiger partial charge is 0.337 e. The Balaban J connectivity index is 0.000000249. The Hall–Kier alpha value is -4.67. The number of nitrogens with two attached hydrogens (primary N) is 1. The molecule has 0 aliphatic carbocycles. The summed E-state index contributed by atoms with van der Waals surface area (Å²) in [6, 6.07) is 31.2. The second-order valence-electron chi connectivity index (χ2n) is 12.9. The topological polar surface area (TPSA) is 168 Å². The fourth-order valence-corrected chi connectivity index (χ4v) is 8.93. The summed E-state index contributed by atoms with van der Waals surface area (Å²) in [7, 11) is -5.85. The minimum absolute atomic E-state index is 0.0183. The lowest BCUT2D eigenvalue weighted by molar-refractivity contribution is 0.0600. The number of aliphatic hydroxyl groups is 1. The molecule has 1 fully saturated rings. The van der Waals surface area contributed by atoms with Crippen molar-refractivity contribution >= 4 is 43.2 Å². The monoisotopic (exact) mass is 796 g/mol. The van der Waals surface area contributed by atoms with E-state index in [0.717, 1.165) is 11.1 Å². The number of carbonyl (C=O) groups excluding carboxylic acids is 2. The predicted octanol–water partition coefficient (Wildman–Crippen LogP) is 4.79. The molecule has 4 aromatic rings. The number of anilines is 2. The first-order chi connectivity index (χ1) is 26.4. The first-order valence-corrected chi connectivity index (χ1v) is 21.2. The van der Waals surface area contributed by atoms with Crippen LogP contribution in [0.1, 0.15) is 51.1 Å². The van der Waals surface area contributed by atoms with Gasteiger partial charge in [-0.15, -0.1) is 0 Å². The Kier molecular flexibility index (Phi) is 16.3.